The quantitative estimate of drug-likeness (QED) is 0.614. The molecule has 2 aliphatic rings. The summed E-state index contributed by atoms with van der Waals surface area (Å²) in [6.07, 6.45) is -1.80. The van der Waals surface area contributed by atoms with Crippen molar-refractivity contribution < 1.29 is 23.0 Å². The van der Waals surface area contributed by atoms with E-state index in [1.165, 1.54) is 29.6 Å². The van der Waals surface area contributed by atoms with Crippen LogP contribution in [0.4, 0.5) is 19.0 Å². The molecular formula is C25H25F3N4O2. The maximum Gasteiger partial charge on any atom is 0.416 e. The number of piperidine rings is 1. The van der Waals surface area contributed by atoms with Crippen molar-refractivity contribution in [3.8, 4) is 11.6 Å². The predicted molar refractivity (Wildman–Crippen MR) is 121 cm³/mol. The van der Waals surface area contributed by atoms with Gasteiger partial charge in [0.1, 0.15) is 17.9 Å². The average molecular weight is 470 g/mol. The van der Waals surface area contributed by atoms with Crippen LogP contribution in [0, 0.1) is 0 Å². The minimum Gasteiger partial charge on any atom is -0.439 e. The first-order valence-electron chi connectivity index (χ1n) is 11.3. The second-order valence-electron chi connectivity index (χ2n) is 8.70. The standard InChI is InChI=1S/C25H25F3N4O2/c26-25(27,28)19-5-7-20(8-6-19)34-24-13-23(29-16-30-24)32-12-10-21(22(33)15-32)31-11-9-17-3-1-2-4-18(17)14-31/h1-8,13,16,21-22,33H,9-12,14-15H2. The summed E-state index contributed by atoms with van der Waals surface area (Å²) in [7, 11) is 0. The third-order valence-electron chi connectivity index (χ3n) is 6.53. The molecule has 0 saturated carbocycles. The zero-order chi connectivity index (χ0) is 23.7. The molecule has 0 radical (unpaired) electrons. The van der Waals surface area contributed by atoms with Crippen molar-refractivity contribution in [2.45, 2.75) is 37.7 Å². The van der Waals surface area contributed by atoms with Crippen molar-refractivity contribution in [2.24, 2.45) is 0 Å². The molecule has 34 heavy (non-hydrogen) atoms. The molecule has 1 aromatic heterocycles. The molecule has 9 heteroatoms. The fourth-order valence-corrected chi connectivity index (χ4v) is 4.75. The molecule has 2 unspecified atom stereocenters. The van der Waals surface area contributed by atoms with E-state index >= 15 is 0 Å². The van der Waals surface area contributed by atoms with Crippen molar-refractivity contribution in [3.05, 3.63) is 77.6 Å². The molecule has 0 aliphatic carbocycles. The predicted octanol–water partition coefficient (Wildman–Crippen LogP) is 4.29. The number of halogens is 3. The normalized spacial score (nSPS) is 21.2. The van der Waals surface area contributed by atoms with Gasteiger partial charge in [0, 0.05) is 38.3 Å². The molecule has 1 fully saturated rings. The Bertz CT molecular complexity index is 1140. The molecule has 1 saturated heterocycles. The van der Waals surface area contributed by atoms with Gasteiger partial charge in [-0.3, -0.25) is 4.90 Å². The van der Waals surface area contributed by atoms with Crippen LogP contribution in [0.5, 0.6) is 11.6 Å². The Morgan fingerprint density at radius 1 is 0.971 bits per heavy atom. The van der Waals surface area contributed by atoms with E-state index in [0.717, 1.165) is 44.6 Å². The Morgan fingerprint density at radius 2 is 1.74 bits per heavy atom. The number of hydrogen-bond donors (Lipinski definition) is 1. The molecule has 5 rings (SSSR count). The summed E-state index contributed by atoms with van der Waals surface area (Å²) in [4.78, 5) is 12.7. The molecule has 1 N–H and O–H groups in total. The summed E-state index contributed by atoms with van der Waals surface area (Å²) in [6.45, 7) is 2.92. The van der Waals surface area contributed by atoms with Crippen LogP contribution in [0.1, 0.15) is 23.1 Å². The third-order valence-corrected chi connectivity index (χ3v) is 6.53. The van der Waals surface area contributed by atoms with Crippen molar-refractivity contribution >= 4 is 5.82 Å². The highest BCUT2D eigenvalue weighted by atomic mass is 19.4. The Morgan fingerprint density at radius 3 is 2.47 bits per heavy atom. The number of rotatable bonds is 4. The number of ether oxygens (including phenoxy) is 1. The van der Waals surface area contributed by atoms with Gasteiger partial charge >= 0.3 is 6.18 Å². The van der Waals surface area contributed by atoms with E-state index in [9.17, 15) is 18.3 Å². The lowest BCUT2D eigenvalue weighted by molar-refractivity contribution is -0.137. The van der Waals surface area contributed by atoms with E-state index in [-0.39, 0.29) is 17.7 Å². The maximum atomic E-state index is 12.8. The minimum atomic E-state index is -4.40. The molecule has 3 aromatic rings. The van der Waals surface area contributed by atoms with Crippen LogP contribution in [0.3, 0.4) is 0 Å². The van der Waals surface area contributed by atoms with Crippen molar-refractivity contribution in [2.75, 3.05) is 24.5 Å². The van der Waals surface area contributed by atoms with Crippen molar-refractivity contribution in [3.63, 3.8) is 0 Å². The number of aliphatic hydroxyl groups excluding tert-OH is 1. The Hall–Kier alpha value is -3.17. The highest BCUT2D eigenvalue weighted by Crippen LogP contribution is 2.32. The first-order chi connectivity index (χ1) is 16.4. The number of hydrogen-bond acceptors (Lipinski definition) is 6. The van der Waals surface area contributed by atoms with Crippen LogP contribution in [-0.4, -0.2) is 51.8 Å². The van der Waals surface area contributed by atoms with Gasteiger partial charge in [0.2, 0.25) is 5.88 Å². The minimum absolute atomic E-state index is 0.0781. The Kier molecular flexibility index (Phi) is 6.14. The molecule has 0 bridgehead atoms. The smallest absolute Gasteiger partial charge is 0.416 e. The van der Waals surface area contributed by atoms with Gasteiger partial charge in [0.25, 0.3) is 0 Å². The fraction of sp³-hybridized carbons (Fsp3) is 0.360. The van der Waals surface area contributed by atoms with Gasteiger partial charge in [-0.1, -0.05) is 24.3 Å². The zero-order valence-corrected chi connectivity index (χ0v) is 18.4. The Balaban J connectivity index is 1.22. The van der Waals surface area contributed by atoms with E-state index in [1.54, 1.807) is 6.07 Å². The molecule has 178 valence electrons. The number of nitrogens with zero attached hydrogens (tertiary/aromatic N) is 4. The maximum absolute atomic E-state index is 12.8. The second-order valence-corrected chi connectivity index (χ2v) is 8.70. The average Bonchev–Trinajstić information content (AvgIpc) is 2.84. The SMILES string of the molecule is OC1CN(c2cc(Oc3ccc(C(F)(F)F)cc3)ncn2)CCC1N1CCc2ccccc2C1. The van der Waals surface area contributed by atoms with Gasteiger partial charge in [-0.25, -0.2) is 9.97 Å². The van der Waals surface area contributed by atoms with Crippen LogP contribution >= 0.6 is 0 Å². The highest BCUT2D eigenvalue weighted by molar-refractivity contribution is 5.43. The molecule has 0 amide bonds. The molecule has 2 aliphatic heterocycles. The second kappa shape index (κ2) is 9.23. The van der Waals surface area contributed by atoms with Gasteiger partial charge in [0.15, 0.2) is 0 Å². The Labute approximate surface area is 195 Å². The lowest BCUT2D eigenvalue weighted by atomic mass is 9.94. The molecule has 2 aromatic carbocycles. The topological polar surface area (TPSA) is 61.7 Å². The van der Waals surface area contributed by atoms with Gasteiger partial charge in [-0.2, -0.15) is 13.2 Å². The molecule has 2 atom stereocenters. The van der Waals surface area contributed by atoms with Crippen LogP contribution in [0.25, 0.3) is 0 Å². The number of anilines is 1. The number of fused-ring (bicyclic) bond motifs is 1. The number of β-amino-alcohol motifs (C(OH)–C–C–N with tert-alkyl or cyclic N) is 1. The molecular weight excluding hydrogens is 445 g/mol. The first-order valence-corrected chi connectivity index (χ1v) is 11.3. The number of benzene rings is 2. The van der Waals surface area contributed by atoms with E-state index < -0.39 is 17.8 Å². The van der Waals surface area contributed by atoms with Crippen molar-refractivity contribution in [1.29, 1.82) is 0 Å². The van der Waals surface area contributed by atoms with E-state index in [0.29, 0.717) is 12.4 Å². The van der Waals surface area contributed by atoms with E-state index in [4.69, 9.17) is 4.74 Å². The summed E-state index contributed by atoms with van der Waals surface area (Å²) in [5.41, 5.74) is 1.97. The van der Waals surface area contributed by atoms with Gasteiger partial charge < -0.3 is 14.7 Å². The van der Waals surface area contributed by atoms with Crippen LogP contribution in [-0.2, 0) is 19.1 Å². The highest BCUT2D eigenvalue weighted by Gasteiger charge is 2.34. The van der Waals surface area contributed by atoms with E-state index in [2.05, 4.69) is 39.1 Å². The lowest BCUT2D eigenvalue weighted by Crippen LogP contribution is -2.55. The largest absolute Gasteiger partial charge is 0.439 e. The number of alkyl halides is 3. The summed E-state index contributed by atoms with van der Waals surface area (Å²) in [6, 6.07) is 14.6. The van der Waals surface area contributed by atoms with Crippen molar-refractivity contribution in [1.82, 2.24) is 14.9 Å². The fourth-order valence-electron chi connectivity index (χ4n) is 4.75. The molecule has 6 nitrogen and oxygen atoms in total. The van der Waals surface area contributed by atoms with Gasteiger partial charge in [-0.15, -0.1) is 0 Å². The molecule has 3 heterocycles. The van der Waals surface area contributed by atoms with E-state index in [1.807, 2.05) is 4.90 Å². The first kappa shape index (κ1) is 22.6. The number of aliphatic hydroxyl groups is 1. The summed E-state index contributed by atoms with van der Waals surface area (Å²) in [5.74, 6) is 1.09. The summed E-state index contributed by atoms with van der Waals surface area (Å²) >= 11 is 0. The summed E-state index contributed by atoms with van der Waals surface area (Å²) in [5, 5.41) is 10.9. The van der Waals surface area contributed by atoms with Crippen LogP contribution in [0.2, 0.25) is 0 Å². The third kappa shape index (κ3) is 4.85. The lowest BCUT2D eigenvalue weighted by Gasteiger charge is -2.43. The summed E-state index contributed by atoms with van der Waals surface area (Å²) < 4.78 is 43.9. The molecule has 0 spiro atoms. The monoisotopic (exact) mass is 470 g/mol. The zero-order valence-electron chi connectivity index (χ0n) is 18.4. The number of aromatic nitrogens is 2. The van der Waals surface area contributed by atoms with Crippen LogP contribution < -0.4 is 9.64 Å². The van der Waals surface area contributed by atoms with Crippen LogP contribution in [0.15, 0.2) is 60.9 Å². The van der Waals surface area contributed by atoms with Gasteiger partial charge in [0.05, 0.1) is 11.7 Å². The van der Waals surface area contributed by atoms with Gasteiger partial charge in [-0.05, 0) is 48.2 Å².